The minimum atomic E-state index is -1.48. The van der Waals surface area contributed by atoms with Crippen molar-refractivity contribution in [2.45, 2.75) is 63.2 Å². The number of nitrogens with two attached hydrogens (primary N) is 2. The van der Waals surface area contributed by atoms with Gasteiger partial charge in [0.1, 0.15) is 18.1 Å². The standard InChI is InChI=1S/C25H36N6O6S.BrH/c1-3-6-18(22(27)34)29-25(37)20(12-21(32)33)31-24(36)19(9-10-38-2)30-23(35)16(26)11-14-13-28-17-8-5-4-7-15(14)17;/h4-5,7-8,13,16,18-20,28H,3,6,9-12,26H2,1-2H3,(H2,27,34)(H,29,37)(H,30,35)(H,31,36)(H,32,33);1H/t16-,18?,19-,20-;/m0./s1. The van der Waals surface area contributed by atoms with Gasteiger partial charge in [-0.2, -0.15) is 11.8 Å². The first-order valence-electron chi connectivity index (χ1n) is 12.3. The van der Waals surface area contributed by atoms with Gasteiger partial charge in [0.25, 0.3) is 0 Å². The zero-order chi connectivity index (χ0) is 28.2. The molecule has 0 saturated heterocycles. The fourth-order valence-electron chi connectivity index (χ4n) is 3.92. The van der Waals surface area contributed by atoms with E-state index in [-0.39, 0.29) is 36.2 Å². The van der Waals surface area contributed by atoms with Crippen LogP contribution in [0.15, 0.2) is 30.5 Å². The summed E-state index contributed by atoms with van der Waals surface area (Å²) in [7, 11) is 0. The van der Waals surface area contributed by atoms with Crippen LogP contribution in [-0.2, 0) is 30.4 Å². The molecule has 12 nitrogen and oxygen atoms in total. The number of primary amides is 1. The molecule has 2 rings (SSSR count). The highest BCUT2D eigenvalue weighted by atomic mass is 79.9. The molecule has 1 aromatic heterocycles. The molecule has 0 aliphatic rings. The molecule has 1 heterocycles. The van der Waals surface area contributed by atoms with E-state index in [1.165, 1.54) is 11.8 Å². The molecule has 9 N–H and O–H groups in total. The smallest absolute Gasteiger partial charge is 0.305 e. The van der Waals surface area contributed by atoms with Gasteiger partial charge in [-0.1, -0.05) is 31.5 Å². The zero-order valence-electron chi connectivity index (χ0n) is 21.9. The van der Waals surface area contributed by atoms with Crippen molar-refractivity contribution in [2.24, 2.45) is 11.5 Å². The molecule has 216 valence electrons. The Bertz CT molecular complexity index is 1150. The highest BCUT2D eigenvalue weighted by Crippen LogP contribution is 2.19. The maximum atomic E-state index is 13.1. The Kier molecular flexibility index (Phi) is 14.6. The summed E-state index contributed by atoms with van der Waals surface area (Å²) in [5, 5.41) is 17.7. The zero-order valence-corrected chi connectivity index (χ0v) is 24.4. The number of halogens is 1. The van der Waals surface area contributed by atoms with Gasteiger partial charge >= 0.3 is 5.97 Å². The molecule has 0 aliphatic heterocycles. The highest BCUT2D eigenvalue weighted by molar-refractivity contribution is 8.93. The molecule has 0 saturated carbocycles. The minimum absolute atomic E-state index is 0. The summed E-state index contributed by atoms with van der Waals surface area (Å²) in [6.07, 6.45) is 4.14. The van der Waals surface area contributed by atoms with Crippen molar-refractivity contribution in [1.29, 1.82) is 0 Å². The lowest BCUT2D eigenvalue weighted by atomic mass is 10.0. The van der Waals surface area contributed by atoms with Gasteiger partial charge in [0.05, 0.1) is 12.5 Å². The van der Waals surface area contributed by atoms with E-state index in [9.17, 15) is 29.1 Å². The number of aliphatic carboxylic acids is 1. The lowest BCUT2D eigenvalue weighted by molar-refractivity contribution is -0.141. The fourth-order valence-corrected chi connectivity index (χ4v) is 4.39. The Balaban J connectivity index is 0.00000760. The minimum Gasteiger partial charge on any atom is -0.481 e. The van der Waals surface area contributed by atoms with Gasteiger partial charge in [-0.25, -0.2) is 0 Å². The van der Waals surface area contributed by atoms with Gasteiger partial charge in [0, 0.05) is 17.1 Å². The molecule has 0 radical (unpaired) electrons. The first-order valence-corrected chi connectivity index (χ1v) is 13.7. The Morgan fingerprint density at radius 1 is 0.974 bits per heavy atom. The number of para-hydroxylation sites is 1. The number of thioether (sulfide) groups is 1. The van der Waals surface area contributed by atoms with Crippen molar-refractivity contribution in [1.82, 2.24) is 20.9 Å². The van der Waals surface area contributed by atoms with Crippen LogP contribution in [0.4, 0.5) is 0 Å². The highest BCUT2D eigenvalue weighted by Gasteiger charge is 2.31. The Hall–Kier alpha value is -3.10. The maximum Gasteiger partial charge on any atom is 0.305 e. The van der Waals surface area contributed by atoms with Crippen LogP contribution >= 0.6 is 28.7 Å². The lowest BCUT2D eigenvalue weighted by Crippen LogP contribution is -2.58. The van der Waals surface area contributed by atoms with Crippen LogP contribution in [0.1, 0.15) is 38.2 Å². The first-order chi connectivity index (χ1) is 18.1. The molecule has 1 unspecified atom stereocenters. The average Bonchev–Trinajstić information content (AvgIpc) is 3.27. The molecule has 39 heavy (non-hydrogen) atoms. The number of H-pyrrole nitrogens is 1. The molecule has 4 atom stereocenters. The van der Waals surface area contributed by atoms with E-state index in [2.05, 4.69) is 20.9 Å². The Labute approximate surface area is 241 Å². The van der Waals surface area contributed by atoms with Crippen LogP contribution in [0.25, 0.3) is 10.9 Å². The van der Waals surface area contributed by atoms with Crippen LogP contribution in [0.3, 0.4) is 0 Å². The van der Waals surface area contributed by atoms with Crippen molar-refractivity contribution in [3.05, 3.63) is 36.0 Å². The van der Waals surface area contributed by atoms with Gasteiger partial charge < -0.3 is 37.5 Å². The first kappa shape index (κ1) is 33.9. The Morgan fingerprint density at radius 3 is 2.21 bits per heavy atom. The van der Waals surface area contributed by atoms with Crippen molar-refractivity contribution < 1.29 is 29.1 Å². The number of hydrogen-bond donors (Lipinski definition) is 7. The third kappa shape index (κ3) is 10.5. The van der Waals surface area contributed by atoms with E-state index in [1.807, 2.05) is 30.5 Å². The van der Waals surface area contributed by atoms with Crippen molar-refractivity contribution in [3.63, 3.8) is 0 Å². The number of rotatable bonds is 16. The summed E-state index contributed by atoms with van der Waals surface area (Å²) >= 11 is 1.45. The summed E-state index contributed by atoms with van der Waals surface area (Å²) < 4.78 is 0. The molecule has 0 aliphatic carbocycles. The van der Waals surface area contributed by atoms with Gasteiger partial charge in [0.2, 0.25) is 23.6 Å². The van der Waals surface area contributed by atoms with Crippen LogP contribution in [-0.4, -0.2) is 75.9 Å². The molecule has 2 aromatic rings. The van der Waals surface area contributed by atoms with E-state index in [0.717, 1.165) is 16.5 Å². The molecule has 0 fully saturated rings. The fraction of sp³-hybridized carbons (Fsp3) is 0.480. The molecule has 4 amide bonds. The number of carboxylic acid groups (broad SMARTS) is 1. The van der Waals surface area contributed by atoms with Crippen LogP contribution in [0, 0.1) is 0 Å². The number of carbonyl (C=O) groups excluding carboxylic acids is 4. The topological polar surface area (TPSA) is 210 Å². The summed E-state index contributed by atoms with van der Waals surface area (Å²) in [5.41, 5.74) is 13.2. The number of aromatic amines is 1. The molecular formula is C25H37BrN6O6S. The number of amides is 4. The lowest BCUT2D eigenvalue weighted by Gasteiger charge is -2.24. The predicted octanol–water partition coefficient (Wildman–Crippen LogP) is 0.583. The number of benzene rings is 1. The predicted molar refractivity (Wildman–Crippen MR) is 155 cm³/mol. The summed E-state index contributed by atoms with van der Waals surface area (Å²) in [5.74, 6) is -3.75. The quantitative estimate of drug-likeness (QED) is 0.139. The number of carboxylic acids is 1. The van der Waals surface area contributed by atoms with E-state index in [0.29, 0.717) is 12.2 Å². The molecule has 14 heteroatoms. The number of carbonyl (C=O) groups is 5. The second-order valence-electron chi connectivity index (χ2n) is 8.92. The van der Waals surface area contributed by atoms with Gasteiger partial charge in [-0.3, -0.25) is 24.0 Å². The maximum absolute atomic E-state index is 13.1. The number of hydrogen-bond acceptors (Lipinski definition) is 7. The molecule has 0 bridgehead atoms. The van der Waals surface area contributed by atoms with E-state index in [4.69, 9.17) is 11.5 Å². The molecule has 1 aromatic carbocycles. The monoisotopic (exact) mass is 628 g/mol. The van der Waals surface area contributed by atoms with E-state index in [1.54, 1.807) is 13.1 Å². The number of nitrogens with one attached hydrogen (secondary N) is 4. The summed E-state index contributed by atoms with van der Waals surface area (Å²) in [4.78, 5) is 64.9. The third-order valence-electron chi connectivity index (χ3n) is 5.94. The van der Waals surface area contributed by atoms with Crippen LogP contribution in [0.5, 0.6) is 0 Å². The third-order valence-corrected chi connectivity index (χ3v) is 6.59. The normalized spacial score (nSPS) is 13.8. The number of aromatic nitrogens is 1. The van der Waals surface area contributed by atoms with Gasteiger partial charge in [-0.15, -0.1) is 17.0 Å². The van der Waals surface area contributed by atoms with E-state index < -0.39 is 60.2 Å². The van der Waals surface area contributed by atoms with Crippen LogP contribution < -0.4 is 27.4 Å². The second-order valence-corrected chi connectivity index (χ2v) is 9.91. The molecule has 0 spiro atoms. The van der Waals surface area contributed by atoms with Gasteiger partial charge in [-0.05, 0) is 42.9 Å². The van der Waals surface area contributed by atoms with Crippen LogP contribution in [0.2, 0.25) is 0 Å². The average molecular weight is 630 g/mol. The van der Waals surface area contributed by atoms with E-state index >= 15 is 0 Å². The number of fused-ring (bicyclic) bond motifs is 1. The Morgan fingerprint density at radius 2 is 1.59 bits per heavy atom. The SMILES string of the molecule is Br.CCCC(NC(=O)[C@H](CC(=O)O)NC(=O)[C@H](CCSC)NC(=O)[C@@H](N)Cc1c[nH]c2ccccc12)C(N)=O. The summed E-state index contributed by atoms with van der Waals surface area (Å²) in [6, 6.07) is 3.09. The largest absolute Gasteiger partial charge is 0.481 e. The molecular weight excluding hydrogens is 592 g/mol. The summed E-state index contributed by atoms with van der Waals surface area (Å²) in [6.45, 7) is 1.79. The van der Waals surface area contributed by atoms with Crippen molar-refractivity contribution in [3.8, 4) is 0 Å². The van der Waals surface area contributed by atoms with Gasteiger partial charge in [0.15, 0.2) is 0 Å². The van der Waals surface area contributed by atoms with Crippen molar-refractivity contribution in [2.75, 3.05) is 12.0 Å². The second kappa shape index (κ2) is 16.8. The van der Waals surface area contributed by atoms with Crippen molar-refractivity contribution >= 4 is 69.2 Å².